The van der Waals surface area contributed by atoms with Gasteiger partial charge in [-0.05, 0) is 38.1 Å². The number of anilines is 1. The summed E-state index contributed by atoms with van der Waals surface area (Å²) < 4.78 is 10.3. The summed E-state index contributed by atoms with van der Waals surface area (Å²) in [4.78, 5) is 37.2. The van der Waals surface area contributed by atoms with E-state index in [1.165, 1.54) is 12.1 Å². The Morgan fingerprint density at radius 2 is 1.72 bits per heavy atom. The molecule has 0 saturated heterocycles. The van der Waals surface area contributed by atoms with Gasteiger partial charge in [-0.25, -0.2) is 4.79 Å². The number of hydrogen-bond donors (Lipinski definition) is 1. The lowest BCUT2D eigenvalue weighted by Gasteiger charge is -2.11. The molecule has 1 heterocycles. The number of ketones is 1. The summed E-state index contributed by atoms with van der Waals surface area (Å²) in [5, 5.41) is 2.96. The first kappa shape index (κ1) is 20.4. The fraction of sp³-hybridized carbons (Fsp3) is 0.136. The molecule has 1 aromatic heterocycles. The average molecular weight is 412 g/mol. The highest BCUT2D eigenvalue weighted by Gasteiger charge is 2.19. The van der Waals surface area contributed by atoms with Crippen LogP contribution in [-0.2, 0) is 9.53 Å². The van der Waals surface area contributed by atoms with E-state index in [1.54, 1.807) is 56.3 Å². The Balaban J connectivity index is 1.71. The molecule has 0 aliphatic carbocycles. The van der Waals surface area contributed by atoms with Crippen LogP contribution in [0.15, 0.2) is 59.0 Å². The molecule has 0 spiro atoms. The normalized spacial score (nSPS) is 10.4. The van der Waals surface area contributed by atoms with Gasteiger partial charge < -0.3 is 14.5 Å². The summed E-state index contributed by atoms with van der Waals surface area (Å²) in [6.07, 6.45) is 0. The van der Waals surface area contributed by atoms with Gasteiger partial charge in [-0.3, -0.25) is 9.59 Å². The van der Waals surface area contributed by atoms with Gasteiger partial charge in [0.2, 0.25) is 0 Å². The van der Waals surface area contributed by atoms with Gasteiger partial charge >= 0.3 is 5.97 Å². The van der Waals surface area contributed by atoms with Crippen molar-refractivity contribution in [3.05, 3.63) is 87.8 Å². The Hall–Kier alpha value is -3.38. The molecule has 3 rings (SSSR count). The quantitative estimate of drug-likeness (QED) is 0.474. The number of halogens is 1. The van der Waals surface area contributed by atoms with E-state index >= 15 is 0 Å². The number of carbonyl (C=O) groups excluding carboxylic acids is 3. The molecule has 0 fully saturated rings. The zero-order valence-electron chi connectivity index (χ0n) is 15.8. The Labute approximate surface area is 172 Å². The van der Waals surface area contributed by atoms with Crippen LogP contribution < -0.4 is 5.32 Å². The molecule has 0 bridgehead atoms. The van der Waals surface area contributed by atoms with E-state index in [2.05, 4.69) is 5.32 Å². The molecule has 2 aromatic carbocycles. The number of carbonyl (C=O) groups is 3. The SMILES string of the molecule is Cc1cc(C(=O)OCC(=O)Nc2ccc(Cl)cc2C(=O)c2ccccc2)c(C)o1. The van der Waals surface area contributed by atoms with Gasteiger partial charge in [0, 0.05) is 16.1 Å². The van der Waals surface area contributed by atoms with Crippen LogP contribution in [-0.4, -0.2) is 24.3 Å². The van der Waals surface area contributed by atoms with Crippen LogP contribution in [0.4, 0.5) is 5.69 Å². The van der Waals surface area contributed by atoms with E-state index in [-0.39, 0.29) is 22.6 Å². The van der Waals surface area contributed by atoms with Crippen LogP contribution >= 0.6 is 11.6 Å². The molecule has 0 aliphatic heterocycles. The summed E-state index contributed by atoms with van der Waals surface area (Å²) in [7, 11) is 0. The molecule has 6 nitrogen and oxygen atoms in total. The second kappa shape index (κ2) is 8.75. The minimum absolute atomic E-state index is 0.240. The molecule has 29 heavy (non-hydrogen) atoms. The number of ether oxygens (including phenoxy) is 1. The first-order chi connectivity index (χ1) is 13.8. The zero-order chi connectivity index (χ0) is 21.0. The van der Waals surface area contributed by atoms with Crippen molar-refractivity contribution in [3.63, 3.8) is 0 Å². The Kier molecular flexibility index (Phi) is 6.14. The number of rotatable bonds is 6. The summed E-state index contributed by atoms with van der Waals surface area (Å²) in [6, 6.07) is 14.8. The van der Waals surface area contributed by atoms with Crippen molar-refractivity contribution in [2.45, 2.75) is 13.8 Å². The molecule has 0 saturated carbocycles. The maximum atomic E-state index is 12.8. The van der Waals surface area contributed by atoms with Crippen LogP contribution in [0.5, 0.6) is 0 Å². The second-order valence-corrected chi connectivity index (χ2v) is 6.77. The van der Waals surface area contributed by atoms with Crippen LogP contribution in [0.2, 0.25) is 5.02 Å². The molecular weight excluding hydrogens is 394 g/mol. The number of aryl methyl sites for hydroxylation is 2. The molecule has 0 unspecified atom stereocenters. The fourth-order valence-corrected chi connectivity index (χ4v) is 2.96. The number of esters is 1. The summed E-state index contributed by atoms with van der Waals surface area (Å²) >= 11 is 6.03. The third-order valence-electron chi connectivity index (χ3n) is 4.13. The van der Waals surface area contributed by atoms with Crippen molar-refractivity contribution >= 4 is 34.9 Å². The van der Waals surface area contributed by atoms with Gasteiger partial charge in [-0.2, -0.15) is 0 Å². The van der Waals surface area contributed by atoms with Gasteiger partial charge in [0.15, 0.2) is 12.4 Å². The number of hydrogen-bond acceptors (Lipinski definition) is 5. The van der Waals surface area contributed by atoms with Crippen molar-refractivity contribution in [1.82, 2.24) is 0 Å². The van der Waals surface area contributed by atoms with Crippen molar-refractivity contribution in [1.29, 1.82) is 0 Å². The summed E-state index contributed by atoms with van der Waals surface area (Å²) in [5.74, 6) is -0.540. The Morgan fingerprint density at radius 3 is 2.38 bits per heavy atom. The van der Waals surface area contributed by atoms with E-state index in [4.69, 9.17) is 20.8 Å². The van der Waals surface area contributed by atoms with E-state index in [0.29, 0.717) is 22.1 Å². The van der Waals surface area contributed by atoms with Gasteiger partial charge in [-0.15, -0.1) is 0 Å². The molecular formula is C22H18ClNO5. The lowest BCUT2D eigenvalue weighted by molar-refractivity contribution is -0.119. The maximum Gasteiger partial charge on any atom is 0.342 e. The number of furan rings is 1. The van der Waals surface area contributed by atoms with E-state index in [9.17, 15) is 14.4 Å². The van der Waals surface area contributed by atoms with E-state index < -0.39 is 18.5 Å². The van der Waals surface area contributed by atoms with Gasteiger partial charge in [0.05, 0.1) is 5.69 Å². The number of amides is 1. The molecule has 0 atom stereocenters. The molecule has 1 N–H and O–H groups in total. The highest BCUT2D eigenvalue weighted by atomic mass is 35.5. The molecule has 0 aliphatic rings. The Bertz CT molecular complexity index is 1070. The Morgan fingerprint density at radius 1 is 1.00 bits per heavy atom. The third-order valence-corrected chi connectivity index (χ3v) is 4.37. The molecule has 1 amide bonds. The molecule has 148 valence electrons. The largest absolute Gasteiger partial charge is 0.466 e. The standard InChI is InChI=1S/C22H18ClNO5/c1-13-10-17(14(2)29-13)22(27)28-12-20(25)24-19-9-8-16(23)11-18(19)21(26)15-6-4-3-5-7-15/h3-11H,12H2,1-2H3,(H,24,25). The first-order valence-electron chi connectivity index (χ1n) is 8.78. The van der Waals surface area contributed by atoms with Gasteiger partial charge in [0.1, 0.15) is 17.1 Å². The highest BCUT2D eigenvalue weighted by molar-refractivity contribution is 6.31. The van der Waals surface area contributed by atoms with Crippen LogP contribution in [0, 0.1) is 13.8 Å². The van der Waals surface area contributed by atoms with Gasteiger partial charge in [0.25, 0.3) is 5.91 Å². The van der Waals surface area contributed by atoms with Crippen molar-refractivity contribution in [2.75, 3.05) is 11.9 Å². The summed E-state index contributed by atoms with van der Waals surface area (Å²) in [5.41, 5.74) is 1.24. The lowest BCUT2D eigenvalue weighted by atomic mass is 10.0. The topological polar surface area (TPSA) is 85.6 Å². The van der Waals surface area contributed by atoms with Crippen molar-refractivity contribution in [3.8, 4) is 0 Å². The summed E-state index contributed by atoms with van der Waals surface area (Å²) in [6.45, 7) is 2.84. The maximum absolute atomic E-state index is 12.8. The number of benzene rings is 2. The first-order valence-corrected chi connectivity index (χ1v) is 9.16. The van der Waals surface area contributed by atoms with Crippen LogP contribution in [0.25, 0.3) is 0 Å². The van der Waals surface area contributed by atoms with Gasteiger partial charge in [-0.1, -0.05) is 41.9 Å². The smallest absolute Gasteiger partial charge is 0.342 e. The molecule has 3 aromatic rings. The van der Waals surface area contributed by atoms with Crippen LogP contribution in [0.3, 0.4) is 0 Å². The predicted molar refractivity (Wildman–Crippen MR) is 108 cm³/mol. The van der Waals surface area contributed by atoms with Crippen molar-refractivity contribution in [2.24, 2.45) is 0 Å². The van der Waals surface area contributed by atoms with E-state index in [0.717, 1.165) is 0 Å². The monoisotopic (exact) mass is 411 g/mol. The minimum atomic E-state index is -0.661. The molecule has 7 heteroatoms. The fourth-order valence-electron chi connectivity index (χ4n) is 2.79. The lowest BCUT2D eigenvalue weighted by Crippen LogP contribution is -2.22. The third kappa shape index (κ3) is 4.92. The van der Waals surface area contributed by atoms with E-state index in [1.807, 2.05) is 0 Å². The highest BCUT2D eigenvalue weighted by Crippen LogP contribution is 2.24. The minimum Gasteiger partial charge on any atom is -0.466 e. The zero-order valence-corrected chi connectivity index (χ0v) is 16.6. The van der Waals surface area contributed by atoms with Crippen LogP contribution in [0.1, 0.15) is 37.8 Å². The average Bonchev–Trinajstić information content (AvgIpc) is 3.05. The second-order valence-electron chi connectivity index (χ2n) is 6.34. The molecule has 0 radical (unpaired) electrons. The van der Waals surface area contributed by atoms with Crippen molar-refractivity contribution < 1.29 is 23.5 Å². The number of nitrogens with one attached hydrogen (secondary N) is 1. The predicted octanol–water partition coefficient (Wildman–Crippen LogP) is 4.58.